The third kappa shape index (κ3) is 2.69. The summed E-state index contributed by atoms with van der Waals surface area (Å²) in [5.74, 6) is -0.0547. The standard InChI is InChI=1S/C20H24N2O3/c1-19(2)20(3,4)22(25)18(21(19)24)16-12-10-15(11-13-16)17(23)14-8-6-5-7-9-14/h5-13,18,24-25H,1-4H3. The topological polar surface area (TPSA) is 64.0 Å². The van der Waals surface area contributed by atoms with Crippen LogP contribution in [-0.2, 0) is 0 Å². The van der Waals surface area contributed by atoms with Gasteiger partial charge in [0, 0.05) is 11.1 Å². The van der Waals surface area contributed by atoms with Crippen molar-refractivity contribution in [3.05, 3.63) is 71.3 Å². The van der Waals surface area contributed by atoms with Gasteiger partial charge >= 0.3 is 0 Å². The highest BCUT2D eigenvalue weighted by atomic mass is 16.6. The predicted molar refractivity (Wildman–Crippen MR) is 94.5 cm³/mol. The molecule has 2 N–H and O–H groups in total. The van der Waals surface area contributed by atoms with Gasteiger partial charge in [0.25, 0.3) is 0 Å². The Hall–Kier alpha value is -2.05. The lowest BCUT2D eigenvalue weighted by atomic mass is 9.84. The first-order valence-corrected chi connectivity index (χ1v) is 8.34. The number of carbonyl (C=O) groups excluding carboxylic acids is 1. The van der Waals surface area contributed by atoms with Crippen molar-refractivity contribution in [2.75, 3.05) is 0 Å². The van der Waals surface area contributed by atoms with Crippen LogP contribution in [0.1, 0.15) is 55.3 Å². The summed E-state index contributed by atoms with van der Waals surface area (Å²) in [6.07, 6.45) is -0.689. The first-order valence-electron chi connectivity index (χ1n) is 8.34. The van der Waals surface area contributed by atoms with Crippen LogP contribution in [0.2, 0.25) is 0 Å². The van der Waals surface area contributed by atoms with Gasteiger partial charge in [-0.15, -0.1) is 0 Å². The Labute approximate surface area is 148 Å². The summed E-state index contributed by atoms with van der Waals surface area (Å²) < 4.78 is 0. The Morgan fingerprint density at radius 3 is 1.72 bits per heavy atom. The Morgan fingerprint density at radius 1 is 0.800 bits per heavy atom. The number of nitrogens with zero attached hydrogens (tertiary/aromatic N) is 2. The van der Waals surface area contributed by atoms with Gasteiger partial charge in [-0.1, -0.05) is 54.6 Å². The number of hydrogen-bond acceptors (Lipinski definition) is 5. The molecule has 0 saturated carbocycles. The number of ketones is 1. The molecule has 2 aromatic carbocycles. The predicted octanol–water partition coefficient (Wildman–Crippen LogP) is 3.87. The van der Waals surface area contributed by atoms with E-state index >= 15 is 0 Å². The van der Waals surface area contributed by atoms with Gasteiger partial charge in [-0.3, -0.25) is 4.79 Å². The molecule has 0 unspecified atom stereocenters. The van der Waals surface area contributed by atoms with Crippen LogP contribution >= 0.6 is 0 Å². The van der Waals surface area contributed by atoms with E-state index < -0.39 is 17.2 Å². The largest absolute Gasteiger partial charge is 0.311 e. The fourth-order valence-electron chi connectivity index (χ4n) is 3.12. The van der Waals surface area contributed by atoms with E-state index in [1.54, 1.807) is 36.4 Å². The van der Waals surface area contributed by atoms with E-state index in [1.807, 2.05) is 45.9 Å². The van der Waals surface area contributed by atoms with Crippen LogP contribution in [0, 0.1) is 0 Å². The summed E-state index contributed by atoms with van der Waals surface area (Å²) >= 11 is 0. The number of benzene rings is 2. The summed E-state index contributed by atoms with van der Waals surface area (Å²) in [4.78, 5) is 12.5. The van der Waals surface area contributed by atoms with Crippen molar-refractivity contribution >= 4 is 5.78 Å². The maximum absolute atomic E-state index is 12.5. The highest BCUT2D eigenvalue weighted by Crippen LogP contribution is 2.47. The molecule has 0 aliphatic carbocycles. The lowest BCUT2D eigenvalue weighted by Crippen LogP contribution is -2.52. The fraction of sp³-hybridized carbons (Fsp3) is 0.350. The maximum atomic E-state index is 12.5. The van der Waals surface area contributed by atoms with Crippen LogP contribution in [0.15, 0.2) is 54.6 Å². The van der Waals surface area contributed by atoms with Gasteiger partial charge in [0.05, 0.1) is 11.1 Å². The van der Waals surface area contributed by atoms with Crippen LogP contribution in [0.25, 0.3) is 0 Å². The zero-order valence-corrected chi connectivity index (χ0v) is 15.0. The Balaban J connectivity index is 1.90. The third-order valence-corrected chi connectivity index (χ3v) is 5.61. The van der Waals surface area contributed by atoms with E-state index in [0.717, 1.165) is 0 Å². The summed E-state index contributed by atoms with van der Waals surface area (Å²) in [7, 11) is 0. The van der Waals surface area contributed by atoms with E-state index in [1.165, 1.54) is 10.1 Å². The van der Waals surface area contributed by atoms with Crippen LogP contribution in [0.4, 0.5) is 0 Å². The zero-order valence-electron chi connectivity index (χ0n) is 15.0. The molecular weight excluding hydrogens is 316 g/mol. The molecule has 25 heavy (non-hydrogen) atoms. The number of hydrogen-bond donors (Lipinski definition) is 2. The van der Waals surface area contributed by atoms with Gasteiger partial charge in [0.2, 0.25) is 0 Å². The van der Waals surface area contributed by atoms with Crippen molar-refractivity contribution in [3.8, 4) is 0 Å². The minimum atomic E-state index is -0.689. The van der Waals surface area contributed by atoms with Crippen molar-refractivity contribution in [3.63, 3.8) is 0 Å². The van der Waals surface area contributed by atoms with E-state index in [-0.39, 0.29) is 5.78 Å². The smallest absolute Gasteiger partial charge is 0.193 e. The molecule has 1 fully saturated rings. The molecule has 3 rings (SSSR count). The number of hydroxylamine groups is 4. The highest BCUT2D eigenvalue weighted by molar-refractivity contribution is 6.08. The molecule has 0 amide bonds. The van der Waals surface area contributed by atoms with Gasteiger partial charge in [0.15, 0.2) is 5.78 Å². The second-order valence-corrected chi connectivity index (χ2v) is 7.50. The third-order valence-electron chi connectivity index (χ3n) is 5.61. The molecule has 0 spiro atoms. The van der Waals surface area contributed by atoms with Gasteiger partial charge in [-0.05, 0) is 33.3 Å². The van der Waals surface area contributed by atoms with Crippen LogP contribution in [-0.4, -0.2) is 37.4 Å². The lowest BCUT2D eigenvalue weighted by Gasteiger charge is -2.37. The van der Waals surface area contributed by atoms with Gasteiger partial charge in [-0.2, -0.15) is 10.1 Å². The molecule has 5 heteroatoms. The Kier molecular flexibility index (Phi) is 4.29. The molecule has 1 aliphatic rings. The number of rotatable bonds is 3. The molecule has 5 nitrogen and oxygen atoms in total. The lowest BCUT2D eigenvalue weighted by molar-refractivity contribution is -0.223. The molecular formula is C20H24N2O3. The summed E-state index contributed by atoms with van der Waals surface area (Å²) in [6, 6.07) is 16.1. The van der Waals surface area contributed by atoms with E-state index in [9.17, 15) is 15.2 Å². The normalized spacial score (nSPS) is 20.7. The van der Waals surface area contributed by atoms with E-state index in [0.29, 0.717) is 16.7 Å². The van der Waals surface area contributed by atoms with Crippen molar-refractivity contribution in [1.29, 1.82) is 0 Å². The second kappa shape index (κ2) is 6.04. The fourth-order valence-corrected chi connectivity index (χ4v) is 3.12. The van der Waals surface area contributed by atoms with Crippen LogP contribution < -0.4 is 0 Å². The van der Waals surface area contributed by atoms with Crippen molar-refractivity contribution in [2.45, 2.75) is 44.9 Å². The minimum Gasteiger partial charge on any atom is -0.311 e. The SMILES string of the molecule is CC1(C)N(O)C(c2ccc(C(=O)c3ccccc3)cc2)N(O)C1(C)C. The first kappa shape index (κ1) is 17.8. The van der Waals surface area contributed by atoms with Crippen LogP contribution in [0.3, 0.4) is 0 Å². The molecule has 0 aromatic heterocycles. The Morgan fingerprint density at radius 2 is 1.24 bits per heavy atom. The minimum absolute atomic E-state index is 0.0547. The van der Waals surface area contributed by atoms with Gasteiger partial charge < -0.3 is 10.4 Å². The molecule has 0 radical (unpaired) electrons. The molecule has 2 aromatic rings. The van der Waals surface area contributed by atoms with Crippen molar-refractivity contribution in [2.24, 2.45) is 0 Å². The molecule has 1 heterocycles. The molecule has 1 saturated heterocycles. The van der Waals surface area contributed by atoms with Gasteiger partial charge in [-0.25, -0.2) is 0 Å². The average molecular weight is 340 g/mol. The molecule has 132 valence electrons. The quantitative estimate of drug-likeness (QED) is 0.831. The molecule has 0 atom stereocenters. The highest BCUT2D eigenvalue weighted by Gasteiger charge is 2.58. The van der Waals surface area contributed by atoms with E-state index in [4.69, 9.17) is 0 Å². The summed E-state index contributed by atoms with van der Waals surface area (Å²) in [5, 5.41) is 23.5. The second-order valence-electron chi connectivity index (χ2n) is 7.50. The Bertz CT molecular complexity index is 749. The summed E-state index contributed by atoms with van der Waals surface area (Å²) in [5.41, 5.74) is 0.621. The van der Waals surface area contributed by atoms with Crippen molar-refractivity contribution in [1.82, 2.24) is 10.1 Å². The number of carbonyl (C=O) groups is 1. The monoisotopic (exact) mass is 340 g/mol. The first-order chi connectivity index (χ1) is 11.7. The maximum Gasteiger partial charge on any atom is 0.193 e. The average Bonchev–Trinajstić information content (AvgIpc) is 2.73. The summed E-state index contributed by atoms with van der Waals surface area (Å²) in [6.45, 7) is 7.51. The van der Waals surface area contributed by atoms with Gasteiger partial charge in [0.1, 0.15) is 6.17 Å². The molecule has 1 aliphatic heterocycles. The zero-order chi connectivity index (χ0) is 18.4. The van der Waals surface area contributed by atoms with E-state index in [2.05, 4.69) is 0 Å². The van der Waals surface area contributed by atoms with Crippen LogP contribution in [0.5, 0.6) is 0 Å². The molecule has 0 bridgehead atoms. The van der Waals surface area contributed by atoms with Crippen molar-refractivity contribution < 1.29 is 15.2 Å².